The number of rotatable bonds is 4. The Bertz CT molecular complexity index is 1360. The van der Waals surface area contributed by atoms with Gasteiger partial charge in [0, 0.05) is 13.2 Å². The van der Waals surface area contributed by atoms with Crippen LogP contribution in [0, 0.1) is 13.8 Å². The lowest BCUT2D eigenvalue weighted by atomic mass is 10.0. The molecule has 8 heteroatoms. The summed E-state index contributed by atoms with van der Waals surface area (Å²) in [5.41, 5.74) is 3.28. The lowest BCUT2D eigenvalue weighted by Crippen LogP contribution is -2.23. The molecule has 0 spiro atoms. The lowest BCUT2D eigenvalue weighted by molar-refractivity contribution is -0.121. The number of ether oxygens (including phenoxy) is 1. The normalized spacial score (nSPS) is 15.4. The molecule has 0 unspecified atom stereocenters. The number of hydrogen-bond acceptors (Lipinski definition) is 6. The highest BCUT2D eigenvalue weighted by Gasteiger charge is 2.30. The zero-order chi connectivity index (χ0) is 23.2. The van der Waals surface area contributed by atoms with Gasteiger partial charge in [-0.3, -0.25) is 18.9 Å². The highest BCUT2D eigenvalue weighted by atomic mass is 32.2. The molecule has 1 fully saturated rings. The number of likely N-dealkylation sites (N-methyl/N-ethyl adjacent to an activating group) is 1. The largest absolute Gasteiger partial charge is 0.438 e. The first-order valence-electron chi connectivity index (χ1n) is 10.2. The Morgan fingerprint density at radius 2 is 1.94 bits per heavy atom. The third kappa shape index (κ3) is 3.96. The molecule has 0 saturated carbocycles. The molecule has 3 aromatic rings. The van der Waals surface area contributed by atoms with Crippen LogP contribution < -0.4 is 10.3 Å². The summed E-state index contributed by atoms with van der Waals surface area (Å²) >= 11 is 6.39. The highest BCUT2D eigenvalue weighted by Crippen LogP contribution is 2.35. The van der Waals surface area contributed by atoms with E-state index in [9.17, 15) is 9.59 Å². The fraction of sp³-hybridized carbons (Fsp3) is 0.250. The first-order valence-corrected chi connectivity index (χ1v) is 11.4. The van der Waals surface area contributed by atoms with Gasteiger partial charge in [0.2, 0.25) is 5.88 Å². The molecule has 0 radical (unpaired) electrons. The van der Waals surface area contributed by atoms with Crippen molar-refractivity contribution >= 4 is 45.9 Å². The van der Waals surface area contributed by atoms with Gasteiger partial charge in [0.1, 0.15) is 21.3 Å². The maximum atomic E-state index is 13.5. The topological polar surface area (TPSA) is 63.9 Å². The second kappa shape index (κ2) is 8.52. The van der Waals surface area contributed by atoms with E-state index in [0.717, 1.165) is 28.5 Å². The van der Waals surface area contributed by atoms with E-state index in [-0.39, 0.29) is 28.8 Å². The van der Waals surface area contributed by atoms with Crippen molar-refractivity contribution in [1.82, 2.24) is 14.3 Å². The molecule has 1 aliphatic heterocycles. The number of pyridine rings is 1. The van der Waals surface area contributed by atoms with Crippen molar-refractivity contribution in [2.45, 2.75) is 33.6 Å². The Morgan fingerprint density at radius 3 is 2.59 bits per heavy atom. The molecule has 32 heavy (non-hydrogen) atoms. The monoisotopic (exact) mass is 465 g/mol. The molecule has 6 nitrogen and oxygen atoms in total. The first-order chi connectivity index (χ1) is 15.2. The smallest absolute Gasteiger partial charge is 0.269 e. The summed E-state index contributed by atoms with van der Waals surface area (Å²) in [6.07, 6.45) is 3.20. The van der Waals surface area contributed by atoms with E-state index in [1.54, 1.807) is 19.3 Å². The van der Waals surface area contributed by atoms with Crippen LogP contribution in [-0.4, -0.2) is 31.6 Å². The van der Waals surface area contributed by atoms with E-state index < -0.39 is 0 Å². The summed E-state index contributed by atoms with van der Waals surface area (Å²) in [7, 11) is 1.62. The van der Waals surface area contributed by atoms with E-state index in [4.69, 9.17) is 21.9 Å². The van der Waals surface area contributed by atoms with Crippen LogP contribution in [0.5, 0.6) is 11.6 Å². The van der Waals surface area contributed by atoms with E-state index in [0.29, 0.717) is 20.6 Å². The Kier molecular flexibility index (Phi) is 5.92. The molecule has 0 aliphatic carbocycles. The zero-order valence-electron chi connectivity index (χ0n) is 18.5. The van der Waals surface area contributed by atoms with E-state index in [2.05, 4.69) is 13.8 Å². The van der Waals surface area contributed by atoms with Crippen molar-refractivity contribution in [2.75, 3.05) is 7.05 Å². The number of amides is 1. The number of aryl methyl sites for hydroxylation is 2. The maximum Gasteiger partial charge on any atom is 0.269 e. The molecular formula is C24H23N3O3S2. The molecule has 1 aliphatic rings. The van der Waals surface area contributed by atoms with E-state index >= 15 is 0 Å². The number of carbonyl (C=O) groups excluding carboxylic acids is 1. The van der Waals surface area contributed by atoms with Gasteiger partial charge in [-0.25, -0.2) is 0 Å². The molecule has 0 atom stereocenters. The minimum atomic E-state index is -0.311. The number of hydrogen-bond donors (Lipinski definition) is 0. The van der Waals surface area contributed by atoms with Crippen LogP contribution in [0.4, 0.5) is 0 Å². The van der Waals surface area contributed by atoms with Gasteiger partial charge in [-0.1, -0.05) is 56.0 Å². The van der Waals surface area contributed by atoms with Crippen LogP contribution in [-0.2, 0) is 4.79 Å². The second-order valence-electron chi connectivity index (χ2n) is 8.06. The number of fused-ring (bicyclic) bond motifs is 1. The van der Waals surface area contributed by atoms with Crippen LogP contribution in [0.15, 0.2) is 46.2 Å². The SMILES string of the molecule is Cc1ccc(C(C)C)c(Oc2nc3c(C)cccn3c(=O)c2C=C2SC(=S)N(C)C2=O)c1. The Balaban J connectivity index is 1.96. The van der Waals surface area contributed by atoms with E-state index in [1.807, 2.05) is 38.1 Å². The van der Waals surface area contributed by atoms with Crippen LogP contribution in [0.3, 0.4) is 0 Å². The van der Waals surface area contributed by atoms with Gasteiger partial charge < -0.3 is 4.74 Å². The average Bonchev–Trinajstić information content (AvgIpc) is 2.98. The summed E-state index contributed by atoms with van der Waals surface area (Å²) < 4.78 is 8.20. The Labute approximate surface area is 195 Å². The van der Waals surface area contributed by atoms with Gasteiger partial charge in [0.15, 0.2) is 0 Å². The molecule has 1 aromatic carbocycles. The summed E-state index contributed by atoms with van der Waals surface area (Å²) in [5.74, 6) is 0.771. The quantitative estimate of drug-likeness (QED) is 0.397. The number of thioether (sulfide) groups is 1. The zero-order valence-corrected chi connectivity index (χ0v) is 20.1. The predicted octanol–water partition coefficient (Wildman–Crippen LogP) is 5.06. The molecule has 4 rings (SSSR count). The molecule has 1 saturated heterocycles. The van der Waals surface area contributed by atoms with Crippen molar-refractivity contribution in [3.05, 3.63) is 74.0 Å². The van der Waals surface area contributed by atoms with Crippen molar-refractivity contribution in [3.63, 3.8) is 0 Å². The van der Waals surface area contributed by atoms with Crippen molar-refractivity contribution < 1.29 is 9.53 Å². The number of thiocarbonyl (C=S) groups is 1. The molecule has 0 bridgehead atoms. The second-order valence-corrected chi connectivity index (χ2v) is 9.74. The summed E-state index contributed by atoms with van der Waals surface area (Å²) in [6.45, 7) is 8.03. The minimum Gasteiger partial charge on any atom is -0.438 e. The summed E-state index contributed by atoms with van der Waals surface area (Å²) in [5, 5.41) is 0. The first kappa shape index (κ1) is 22.2. The van der Waals surface area contributed by atoms with Crippen molar-refractivity contribution in [1.29, 1.82) is 0 Å². The molecular weight excluding hydrogens is 442 g/mol. The van der Waals surface area contributed by atoms with Gasteiger partial charge in [-0.2, -0.15) is 4.98 Å². The number of aromatic nitrogens is 2. The number of carbonyl (C=O) groups is 1. The van der Waals surface area contributed by atoms with Crippen molar-refractivity contribution in [3.8, 4) is 11.6 Å². The highest BCUT2D eigenvalue weighted by molar-refractivity contribution is 8.26. The minimum absolute atomic E-state index is 0.165. The van der Waals surface area contributed by atoms with Gasteiger partial charge in [-0.15, -0.1) is 0 Å². The van der Waals surface area contributed by atoms with Gasteiger partial charge in [-0.05, 0) is 54.7 Å². The van der Waals surface area contributed by atoms with Crippen molar-refractivity contribution in [2.24, 2.45) is 0 Å². The molecule has 3 heterocycles. The molecule has 0 N–H and O–H groups in total. The molecule has 2 aromatic heterocycles. The van der Waals surface area contributed by atoms with Gasteiger partial charge >= 0.3 is 0 Å². The Morgan fingerprint density at radius 1 is 1.19 bits per heavy atom. The molecule has 164 valence electrons. The van der Waals surface area contributed by atoms with Gasteiger partial charge in [0.05, 0.1) is 4.91 Å². The third-order valence-electron chi connectivity index (χ3n) is 5.31. The lowest BCUT2D eigenvalue weighted by Gasteiger charge is -2.16. The Hall–Kier alpha value is -2.97. The molecule has 1 amide bonds. The fourth-order valence-corrected chi connectivity index (χ4v) is 4.64. The van der Waals surface area contributed by atoms with Crippen LogP contribution in [0.2, 0.25) is 0 Å². The van der Waals surface area contributed by atoms with Gasteiger partial charge in [0.25, 0.3) is 11.5 Å². The van der Waals surface area contributed by atoms with E-state index in [1.165, 1.54) is 15.4 Å². The summed E-state index contributed by atoms with van der Waals surface area (Å²) in [6, 6.07) is 9.67. The summed E-state index contributed by atoms with van der Waals surface area (Å²) in [4.78, 5) is 32.5. The maximum absolute atomic E-state index is 13.5. The third-order valence-corrected chi connectivity index (χ3v) is 6.79. The number of benzene rings is 1. The fourth-order valence-electron chi connectivity index (χ4n) is 3.48. The van der Waals surface area contributed by atoms with Crippen LogP contribution in [0.1, 0.15) is 42.0 Å². The van der Waals surface area contributed by atoms with Crippen LogP contribution in [0.25, 0.3) is 11.7 Å². The van der Waals surface area contributed by atoms with Crippen LogP contribution >= 0.6 is 24.0 Å². The average molecular weight is 466 g/mol. The number of nitrogens with zero attached hydrogens (tertiary/aromatic N) is 3. The standard InChI is InChI=1S/C24H23N3O3S2/c1-13(2)16-9-8-14(3)11-18(16)30-21-17(12-19-23(29)26(5)24(31)32-19)22(28)27-10-6-7-15(4)20(27)25-21/h6-13H,1-5H3. The predicted molar refractivity (Wildman–Crippen MR) is 132 cm³/mol.